The maximum Gasteiger partial charge on any atom is 0.145 e. The van der Waals surface area contributed by atoms with Gasteiger partial charge < -0.3 is 10.3 Å². The summed E-state index contributed by atoms with van der Waals surface area (Å²) >= 11 is 0. The van der Waals surface area contributed by atoms with Crippen LogP contribution in [-0.4, -0.2) is 19.5 Å². The van der Waals surface area contributed by atoms with Crippen molar-refractivity contribution in [1.29, 1.82) is 0 Å². The fourth-order valence-electron chi connectivity index (χ4n) is 4.30. The molecule has 0 spiro atoms. The largest absolute Gasteiger partial charge is 0.383 e. The van der Waals surface area contributed by atoms with Crippen molar-refractivity contribution in [3.05, 3.63) is 72.9 Å². The molecule has 0 radical (unpaired) electrons. The van der Waals surface area contributed by atoms with Gasteiger partial charge in [-0.2, -0.15) is 0 Å². The average molecular weight is 355 g/mol. The van der Waals surface area contributed by atoms with E-state index in [1.165, 1.54) is 17.5 Å². The van der Waals surface area contributed by atoms with Crippen LogP contribution >= 0.6 is 0 Å². The van der Waals surface area contributed by atoms with Crippen LogP contribution in [0.15, 0.2) is 67.4 Å². The molecule has 5 rings (SSSR count). The summed E-state index contributed by atoms with van der Waals surface area (Å²) in [4.78, 5) is 12.8. The average Bonchev–Trinajstić information content (AvgIpc) is 3.36. The van der Waals surface area contributed by atoms with Gasteiger partial charge in [0.2, 0.25) is 0 Å². The van der Waals surface area contributed by atoms with Crippen LogP contribution in [0.1, 0.15) is 36.8 Å². The highest BCUT2D eigenvalue weighted by Gasteiger charge is 2.28. The van der Waals surface area contributed by atoms with Gasteiger partial charge in [-0.15, -0.1) is 0 Å². The molecule has 0 amide bonds. The highest BCUT2D eigenvalue weighted by molar-refractivity contribution is 5.86. The Morgan fingerprint density at radius 3 is 2.81 bits per heavy atom. The van der Waals surface area contributed by atoms with Crippen molar-refractivity contribution in [2.24, 2.45) is 0 Å². The number of nitrogens with zero attached hydrogens (tertiary/aromatic N) is 4. The minimum absolute atomic E-state index is 0.448. The number of nitrogen functional groups attached to an aromatic ring is 1. The lowest BCUT2D eigenvalue weighted by Gasteiger charge is -2.15. The lowest BCUT2D eigenvalue weighted by atomic mass is 9.94. The third-order valence-electron chi connectivity index (χ3n) is 5.69. The number of benzene rings is 1. The summed E-state index contributed by atoms with van der Waals surface area (Å²) < 4.78 is 2.28. The molecule has 4 aromatic rings. The van der Waals surface area contributed by atoms with E-state index in [1.807, 2.05) is 24.5 Å². The fraction of sp³-hybridized carbons (Fsp3) is 0.227. The second-order valence-corrected chi connectivity index (χ2v) is 7.25. The monoisotopic (exact) mass is 355 g/mol. The first-order valence-electron chi connectivity index (χ1n) is 9.37. The molecule has 3 aromatic heterocycles. The maximum atomic E-state index is 5.99. The Labute approximate surface area is 157 Å². The Balaban J connectivity index is 1.42. The number of pyridine rings is 1. The van der Waals surface area contributed by atoms with Gasteiger partial charge in [0.05, 0.1) is 5.39 Å². The lowest BCUT2D eigenvalue weighted by Crippen LogP contribution is -2.05. The summed E-state index contributed by atoms with van der Waals surface area (Å²) in [5.74, 6) is 1.11. The Morgan fingerprint density at radius 1 is 1.00 bits per heavy atom. The molecular weight excluding hydrogens is 334 g/mol. The second kappa shape index (κ2) is 6.50. The molecule has 0 aliphatic heterocycles. The number of fused-ring (bicyclic) bond motifs is 1. The topological polar surface area (TPSA) is 69.6 Å². The van der Waals surface area contributed by atoms with Crippen molar-refractivity contribution in [2.45, 2.75) is 31.2 Å². The zero-order valence-electron chi connectivity index (χ0n) is 15.0. The molecule has 3 heterocycles. The van der Waals surface area contributed by atoms with Gasteiger partial charge in [-0.05, 0) is 54.0 Å². The summed E-state index contributed by atoms with van der Waals surface area (Å²) in [6.07, 6.45) is 10.8. The van der Waals surface area contributed by atoms with Gasteiger partial charge in [-0.25, -0.2) is 9.97 Å². The van der Waals surface area contributed by atoms with Crippen molar-refractivity contribution >= 4 is 16.9 Å². The molecule has 1 saturated carbocycles. The molecule has 1 aromatic carbocycles. The molecule has 5 nitrogen and oxygen atoms in total. The van der Waals surface area contributed by atoms with Crippen LogP contribution in [-0.2, 0) is 0 Å². The van der Waals surface area contributed by atoms with E-state index in [2.05, 4.69) is 56.0 Å². The molecule has 1 fully saturated rings. The first-order valence-corrected chi connectivity index (χ1v) is 9.37. The third-order valence-corrected chi connectivity index (χ3v) is 5.69. The van der Waals surface area contributed by atoms with Crippen molar-refractivity contribution in [3.63, 3.8) is 0 Å². The van der Waals surface area contributed by atoms with Crippen molar-refractivity contribution in [1.82, 2.24) is 19.5 Å². The van der Waals surface area contributed by atoms with Gasteiger partial charge in [0.25, 0.3) is 0 Å². The van der Waals surface area contributed by atoms with Crippen LogP contribution < -0.4 is 5.73 Å². The SMILES string of the molecule is Nc1ncnc2c1ccn2C1CCC(c2cccc(-c3cccnc3)c2)C1. The van der Waals surface area contributed by atoms with E-state index in [0.717, 1.165) is 29.4 Å². The van der Waals surface area contributed by atoms with Crippen LogP contribution in [0, 0.1) is 0 Å². The number of rotatable bonds is 3. The summed E-state index contributed by atoms with van der Waals surface area (Å²) in [5.41, 5.74) is 10.7. The number of anilines is 1. The molecule has 5 heteroatoms. The fourth-order valence-corrected chi connectivity index (χ4v) is 4.30. The lowest BCUT2D eigenvalue weighted by molar-refractivity contribution is 0.523. The quantitative estimate of drug-likeness (QED) is 0.584. The molecule has 1 aliphatic carbocycles. The summed E-state index contributed by atoms with van der Waals surface area (Å²) in [5, 5.41) is 0.944. The normalized spacial score (nSPS) is 19.6. The van der Waals surface area contributed by atoms with E-state index in [-0.39, 0.29) is 0 Å². The van der Waals surface area contributed by atoms with Crippen molar-refractivity contribution in [3.8, 4) is 11.1 Å². The third kappa shape index (κ3) is 2.85. The van der Waals surface area contributed by atoms with E-state index in [4.69, 9.17) is 5.73 Å². The standard InChI is InChI=1S/C22H21N5/c23-21-20-8-10-27(22(20)26-14-25-21)19-7-6-17(12-19)15-3-1-4-16(11-15)18-5-2-9-24-13-18/h1-5,8-11,13-14,17,19H,6-7,12H2,(H2,23,25,26). The van der Waals surface area contributed by atoms with Gasteiger partial charge in [0.15, 0.2) is 0 Å². The summed E-state index contributed by atoms with van der Waals surface area (Å²) in [6.45, 7) is 0. The smallest absolute Gasteiger partial charge is 0.145 e. The van der Waals surface area contributed by atoms with Crippen LogP contribution in [0.3, 0.4) is 0 Å². The highest BCUT2D eigenvalue weighted by atomic mass is 15.1. The number of nitrogens with two attached hydrogens (primary N) is 1. The molecule has 2 N–H and O–H groups in total. The van der Waals surface area contributed by atoms with Crippen LogP contribution in [0.5, 0.6) is 0 Å². The second-order valence-electron chi connectivity index (χ2n) is 7.25. The van der Waals surface area contributed by atoms with E-state index in [9.17, 15) is 0 Å². The van der Waals surface area contributed by atoms with Gasteiger partial charge >= 0.3 is 0 Å². The molecule has 27 heavy (non-hydrogen) atoms. The molecule has 2 unspecified atom stereocenters. The summed E-state index contributed by atoms with van der Waals surface area (Å²) in [6, 6.07) is 15.5. The predicted molar refractivity (Wildman–Crippen MR) is 107 cm³/mol. The number of hydrogen-bond donors (Lipinski definition) is 1. The van der Waals surface area contributed by atoms with E-state index in [1.54, 1.807) is 6.33 Å². The number of hydrogen-bond acceptors (Lipinski definition) is 4. The predicted octanol–water partition coefficient (Wildman–Crippen LogP) is 4.58. The van der Waals surface area contributed by atoms with Crippen LogP contribution in [0.4, 0.5) is 5.82 Å². The zero-order chi connectivity index (χ0) is 18.2. The van der Waals surface area contributed by atoms with Gasteiger partial charge in [0.1, 0.15) is 17.8 Å². The van der Waals surface area contributed by atoms with Crippen LogP contribution in [0.25, 0.3) is 22.2 Å². The molecular formula is C22H21N5. The van der Waals surface area contributed by atoms with E-state index < -0.39 is 0 Å². The zero-order valence-corrected chi connectivity index (χ0v) is 15.0. The molecule has 134 valence electrons. The molecule has 2 atom stereocenters. The Bertz CT molecular complexity index is 1090. The van der Waals surface area contributed by atoms with E-state index >= 15 is 0 Å². The minimum Gasteiger partial charge on any atom is -0.383 e. The highest BCUT2D eigenvalue weighted by Crippen LogP contribution is 2.42. The maximum absolute atomic E-state index is 5.99. The van der Waals surface area contributed by atoms with Gasteiger partial charge in [0, 0.05) is 24.6 Å². The van der Waals surface area contributed by atoms with E-state index in [0.29, 0.717) is 17.8 Å². The minimum atomic E-state index is 0.448. The van der Waals surface area contributed by atoms with Crippen molar-refractivity contribution < 1.29 is 0 Å². The van der Waals surface area contributed by atoms with Crippen molar-refractivity contribution in [2.75, 3.05) is 5.73 Å². The van der Waals surface area contributed by atoms with Gasteiger partial charge in [-0.3, -0.25) is 4.98 Å². The Kier molecular flexibility index (Phi) is 3.85. The molecule has 0 bridgehead atoms. The Morgan fingerprint density at radius 2 is 1.93 bits per heavy atom. The van der Waals surface area contributed by atoms with Crippen LogP contribution in [0.2, 0.25) is 0 Å². The first-order chi connectivity index (χ1) is 13.3. The first kappa shape index (κ1) is 16.0. The van der Waals surface area contributed by atoms with Gasteiger partial charge in [-0.1, -0.05) is 30.3 Å². The summed E-state index contributed by atoms with van der Waals surface area (Å²) in [7, 11) is 0. The number of aromatic nitrogens is 4. The Hall–Kier alpha value is -3.21. The molecule has 1 aliphatic rings. The molecule has 0 saturated heterocycles.